The Hall–Kier alpha value is -1.20. The molecule has 0 saturated heterocycles. The quantitative estimate of drug-likeness (QED) is 0.933. The Bertz CT molecular complexity index is 606. The van der Waals surface area contributed by atoms with Gasteiger partial charge < -0.3 is 5.32 Å². The molecule has 1 heterocycles. The van der Waals surface area contributed by atoms with Gasteiger partial charge in [0.1, 0.15) is 5.82 Å². The minimum Gasteiger partial charge on any atom is -0.319 e. The lowest BCUT2D eigenvalue weighted by molar-refractivity contribution is 0.691. The third-order valence-corrected chi connectivity index (χ3v) is 3.22. The normalized spacial score (nSPS) is 11.0. The smallest absolute Gasteiger partial charge is 0.261 e. The Morgan fingerprint density at radius 2 is 2.24 bits per heavy atom. The number of halogens is 1. The number of hydrogen-bond acceptors (Lipinski definition) is 3. The molecule has 5 heteroatoms. The zero-order valence-electron chi connectivity index (χ0n) is 9.83. The molecule has 0 unspecified atom stereocenters. The molecule has 0 bridgehead atoms. The summed E-state index contributed by atoms with van der Waals surface area (Å²) in [6, 6.07) is 5.54. The largest absolute Gasteiger partial charge is 0.319 e. The van der Waals surface area contributed by atoms with Crippen molar-refractivity contribution in [2.45, 2.75) is 6.42 Å². The maximum absolute atomic E-state index is 12.1. The molecule has 0 aliphatic heterocycles. The van der Waals surface area contributed by atoms with Crippen molar-refractivity contribution in [3.8, 4) is 0 Å². The van der Waals surface area contributed by atoms with E-state index < -0.39 is 0 Å². The zero-order valence-corrected chi connectivity index (χ0v) is 11.4. The minimum absolute atomic E-state index is 0.00797. The summed E-state index contributed by atoms with van der Waals surface area (Å²) >= 11 is 3.39. The fourth-order valence-corrected chi connectivity index (χ4v) is 2.10. The number of aromatic nitrogens is 2. The molecule has 0 amide bonds. The van der Waals surface area contributed by atoms with Gasteiger partial charge in [0.05, 0.1) is 10.9 Å². The summed E-state index contributed by atoms with van der Waals surface area (Å²) in [4.78, 5) is 16.6. The van der Waals surface area contributed by atoms with Crippen LogP contribution in [0.1, 0.15) is 5.82 Å². The van der Waals surface area contributed by atoms with E-state index in [1.165, 1.54) is 0 Å². The zero-order chi connectivity index (χ0) is 12.4. The summed E-state index contributed by atoms with van der Waals surface area (Å²) in [6.07, 6.45) is 0.741. The number of fused-ring (bicyclic) bond motifs is 1. The number of nitrogens with zero attached hydrogens (tertiary/aromatic N) is 2. The Morgan fingerprint density at radius 3 is 2.94 bits per heavy atom. The molecule has 0 aliphatic carbocycles. The van der Waals surface area contributed by atoms with E-state index in [-0.39, 0.29) is 5.56 Å². The van der Waals surface area contributed by atoms with Crippen molar-refractivity contribution in [3.63, 3.8) is 0 Å². The van der Waals surface area contributed by atoms with Gasteiger partial charge in [0.25, 0.3) is 5.56 Å². The second-order valence-corrected chi connectivity index (χ2v) is 4.82. The van der Waals surface area contributed by atoms with E-state index >= 15 is 0 Å². The average molecular weight is 296 g/mol. The van der Waals surface area contributed by atoms with E-state index in [4.69, 9.17) is 0 Å². The van der Waals surface area contributed by atoms with Gasteiger partial charge in [0, 0.05) is 24.5 Å². The lowest BCUT2D eigenvalue weighted by Crippen LogP contribution is -2.24. The number of likely N-dealkylation sites (N-methyl/N-ethyl adjacent to an activating group) is 1. The molecule has 0 spiro atoms. The topological polar surface area (TPSA) is 46.9 Å². The van der Waals surface area contributed by atoms with Gasteiger partial charge in [0.15, 0.2) is 0 Å². The van der Waals surface area contributed by atoms with E-state index in [1.54, 1.807) is 17.7 Å². The summed E-state index contributed by atoms with van der Waals surface area (Å²) in [5.74, 6) is 0.801. The van der Waals surface area contributed by atoms with Crippen LogP contribution < -0.4 is 10.9 Å². The van der Waals surface area contributed by atoms with Crippen LogP contribution in [-0.4, -0.2) is 23.1 Å². The molecule has 17 heavy (non-hydrogen) atoms. The first kappa shape index (κ1) is 12.3. The van der Waals surface area contributed by atoms with Crippen molar-refractivity contribution >= 4 is 26.8 Å². The summed E-state index contributed by atoms with van der Waals surface area (Å²) in [7, 11) is 3.65. The van der Waals surface area contributed by atoms with Gasteiger partial charge in [-0.15, -0.1) is 0 Å². The fraction of sp³-hybridized carbons (Fsp3) is 0.333. The van der Waals surface area contributed by atoms with Crippen molar-refractivity contribution in [3.05, 3.63) is 38.9 Å². The highest BCUT2D eigenvalue weighted by Crippen LogP contribution is 2.15. The highest BCUT2D eigenvalue weighted by molar-refractivity contribution is 9.10. The molecule has 90 valence electrons. The predicted octanol–water partition coefficient (Wildman–Crippen LogP) is 1.46. The third-order valence-electron chi connectivity index (χ3n) is 2.73. The molecular weight excluding hydrogens is 282 g/mol. The standard InChI is InChI=1S/C12H14BrN3O/c1-14-6-5-11-15-10-7-8(13)3-4-9(10)12(17)16(11)2/h3-4,7,14H,5-6H2,1-2H3. The van der Waals surface area contributed by atoms with Gasteiger partial charge in [-0.05, 0) is 25.2 Å². The number of benzene rings is 1. The van der Waals surface area contributed by atoms with Gasteiger partial charge in [-0.25, -0.2) is 4.98 Å². The molecule has 0 saturated carbocycles. The van der Waals surface area contributed by atoms with Gasteiger partial charge in [-0.1, -0.05) is 15.9 Å². The first-order valence-electron chi connectivity index (χ1n) is 5.43. The van der Waals surface area contributed by atoms with E-state index in [1.807, 2.05) is 19.2 Å². The van der Waals surface area contributed by atoms with E-state index in [0.29, 0.717) is 5.39 Å². The summed E-state index contributed by atoms with van der Waals surface area (Å²) in [5.41, 5.74) is 0.752. The number of rotatable bonds is 3. The molecule has 0 aliphatic rings. The van der Waals surface area contributed by atoms with Crippen LogP contribution in [0.5, 0.6) is 0 Å². The van der Waals surface area contributed by atoms with Gasteiger partial charge in [-0.2, -0.15) is 0 Å². The maximum atomic E-state index is 12.1. The van der Waals surface area contributed by atoms with Crippen molar-refractivity contribution in [1.29, 1.82) is 0 Å². The molecule has 1 aromatic carbocycles. The SMILES string of the molecule is CNCCc1nc2cc(Br)ccc2c(=O)n1C. The minimum atomic E-state index is 0.00797. The summed E-state index contributed by atoms with van der Waals surface area (Å²) < 4.78 is 2.55. The van der Waals surface area contributed by atoms with Crippen LogP contribution in [0.2, 0.25) is 0 Å². The van der Waals surface area contributed by atoms with Crippen LogP contribution in [0.25, 0.3) is 10.9 Å². The highest BCUT2D eigenvalue weighted by Gasteiger charge is 2.07. The van der Waals surface area contributed by atoms with E-state index in [0.717, 1.165) is 28.8 Å². The second kappa shape index (κ2) is 4.98. The van der Waals surface area contributed by atoms with Crippen molar-refractivity contribution < 1.29 is 0 Å². The van der Waals surface area contributed by atoms with Crippen molar-refractivity contribution in [2.75, 3.05) is 13.6 Å². The Morgan fingerprint density at radius 1 is 1.47 bits per heavy atom. The van der Waals surface area contributed by atoms with Crippen LogP contribution in [-0.2, 0) is 13.5 Å². The molecule has 0 atom stereocenters. The molecule has 2 rings (SSSR count). The Balaban J connectivity index is 2.63. The molecule has 1 aromatic heterocycles. The van der Waals surface area contributed by atoms with Crippen LogP contribution in [0, 0.1) is 0 Å². The van der Waals surface area contributed by atoms with Crippen molar-refractivity contribution in [1.82, 2.24) is 14.9 Å². The van der Waals surface area contributed by atoms with Crippen molar-refractivity contribution in [2.24, 2.45) is 7.05 Å². The van der Waals surface area contributed by atoms with Crippen LogP contribution in [0.3, 0.4) is 0 Å². The Kier molecular flexibility index (Phi) is 3.59. The molecule has 4 nitrogen and oxygen atoms in total. The third kappa shape index (κ3) is 2.40. The molecular formula is C12H14BrN3O. The monoisotopic (exact) mass is 295 g/mol. The predicted molar refractivity (Wildman–Crippen MR) is 72.3 cm³/mol. The lowest BCUT2D eigenvalue weighted by Gasteiger charge is -2.09. The van der Waals surface area contributed by atoms with Crippen LogP contribution in [0.15, 0.2) is 27.5 Å². The lowest BCUT2D eigenvalue weighted by atomic mass is 10.2. The molecule has 0 fully saturated rings. The van der Waals surface area contributed by atoms with Crippen LogP contribution >= 0.6 is 15.9 Å². The molecule has 0 radical (unpaired) electrons. The number of hydrogen-bond donors (Lipinski definition) is 1. The maximum Gasteiger partial charge on any atom is 0.261 e. The first-order chi connectivity index (χ1) is 8.13. The first-order valence-corrected chi connectivity index (χ1v) is 6.22. The number of nitrogens with one attached hydrogen (secondary N) is 1. The Labute approximate surface area is 108 Å². The molecule has 2 aromatic rings. The van der Waals surface area contributed by atoms with Gasteiger partial charge >= 0.3 is 0 Å². The highest BCUT2D eigenvalue weighted by atomic mass is 79.9. The van der Waals surface area contributed by atoms with Crippen LogP contribution in [0.4, 0.5) is 0 Å². The summed E-state index contributed by atoms with van der Waals surface area (Å²) in [5, 5.41) is 3.71. The second-order valence-electron chi connectivity index (χ2n) is 3.91. The molecule has 1 N–H and O–H groups in total. The van der Waals surface area contributed by atoms with E-state index in [9.17, 15) is 4.79 Å². The van der Waals surface area contributed by atoms with E-state index in [2.05, 4.69) is 26.2 Å². The fourth-order valence-electron chi connectivity index (χ4n) is 1.75. The summed E-state index contributed by atoms with van der Waals surface area (Å²) in [6.45, 7) is 0.805. The van der Waals surface area contributed by atoms with Gasteiger partial charge in [0.2, 0.25) is 0 Å². The average Bonchev–Trinajstić information content (AvgIpc) is 2.31. The van der Waals surface area contributed by atoms with Gasteiger partial charge in [-0.3, -0.25) is 9.36 Å².